The van der Waals surface area contributed by atoms with E-state index in [9.17, 15) is 0 Å². The van der Waals surface area contributed by atoms with E-state index in [1.54, 1.807) is 0 Å². The number of hydrogen-bond acceptors (Lipinski definition) is 1. The number of aliphatic imine (C=N–C) groups is 1. The molecule has 0 N–H and O–H groups in total. The lowest BCUT2D eigenvalue weighted by molar-refractivity contribution is 0.943. The second kappa shape index (κ2) is 11.7. The number of nitrogens with zero attached hydrogens (tertiary/aromatic N) is 1. The molecule has 0 spiro atoms. The van der Waals surface area contributed by atoms with Crippen molar-refractivity contribution in [3.8, 4) is 0 Å². The topological polar surface area (TPSA) is 12.4 Å². The molecule has 0 aromatic heterocycles. The summed E-state index contributed by atoms with van der Waals surface area (Å²) in [5.41, 5.74) is 5.04. The second-order valence-electron chi connectivity index (χ2n) is 8.90. The molecule has 1 nitrogen and oxygen atoms in total. The van der Waals surface area contributed by atoms with Crippen LogP contribution in [0.25, 0.3) is 0 Å². The molecule has 1 unspecified atom stereocenters. The third kappa shape index (κ3) is 6.09. The lowest BCUT2D eigenvalue weighted by Gasteiger charge is -2.25. The molecule has 4 aromatic rings. The molecule has 170 valence electrons. The van der Waals surface area contributed by atoms with Crippen molar-refractivity contribution in [1.29, 1.82) is 0 Å². The van der Waals surface area contributed by atoms with Crippen LogP contribution in [0.15, 0.2) is 126 Å². The highest BCUT2D eigenvalue weighted by molar-refractivity contribution is 7.73. The predicted molar refractivity (Wildman–Crippen MR) is 152 cm³/mol. The monoisotopic (exact) mass is 479 g/mol. The van der Waals surface area contributed by atoms with Gasteiger partial charge in [0, 0.05) is 24.1 Å². The van der Waals surface area contributed by atoms with Crippen molar-refractivity contribution in [3.05, 3.63) is 132 Å². The highest BCUT2D eigenvalue weighted by Gasteiger charge is 2.29. The molecule has 1 aliphatic rings. The summed E-state index contributed by atoms with van der Waals surface area (Å²) in [7, 11) is -0.602. The average molecular weight is 480 g/mol. The SMILES string of the molecule is c1ccc(CP(Cc2ccccc2)C2CN=C(CP(c3ccccc3)c3ccccc3)C2)cc1. The summed E-state index contributed by atoms with van der Waals surface area (Å²) in [6, 6.07) is 44.2. The van der Waals surface area contributed by atoms with Gasteiger partial charge in [0.2, 0.25) is 0 Å². The minimum absolute atomic E-state index is 0.182. The fourth-order valence-corrected chi connectivity index (χ4v) is 9.77. The van der Waals surface area contributed by atoms with E-state index >= 15 is 0 Å². The van der Waals surface area contributed by atoms with Crippen LogP contribution in [0.5, 0.6) is 0 Å². The van der Waals surface area contributed by atoms with Crippen LogP contribution in [0, 0.1) is 0 Å². The third-order valence-corrected chi connectivity index (χ3v) is 11.9. The fraction of sp³-hybridized carbons (Fsp3) is 0.194. The highest BCUT2D eigenvalue weighted by Crippen LogP contribution is 2.51. The van der Waals surface area contributed by atoms with Crippen molar-refractivity contribution in [2.45, 2.75) is 24.4 Å². The number of benzene rings is 4. The van der Waals surface area contributed by atoms with Gasteiger partial charge < -0.3 is 0 Å². The van der Waals surface area contributed by atoms with Gasteiger partial charge in [0.1, 0.15) is 0 Å². The molecular formula is C31H31NP2. The van der Waals surface area contributed by atoms with Crippen molar-refractivity contribution in [3.63, 3.8) is 0 Å². The quantitative estimate of drug-likeness (QED) is 0.225. The van der Waals surface area contributed by atoms with E-state index in [0.29, 0.717) is 5.66 Å². The molecule has 1 atom stereocenters. The Morgan fingerprint density at radius 1 is 0.559 bits per heavy atom. The van der Waals surface area contributed by atoms with Crippen LogP contribution in [0.2, 0.25) is 0 Å². The third-order valence-electron chi connectivity index (χ3n) is 6.45. The van der Waals surface area contributed by atoms with Crippen LogP contribution in [0.4, 0.5) is 0 Å². The molecule has 34 heavy (non-hydrogen) atoms. The molecule has 5 rings (SSSR count). The van der Waals surface area contributed by atoms with Gasteiger partial charge in [0.05, 0.1) is 0 Å². The van der Waals surface area contributed by atoms with Crippen LogP contribution < -0.4 is 10.6 Å². The lowest BCUT2D eigenvalue weighted by Crippen LogP contribution is -2.19. The smallest absolute Gasteiger partial charge is 0.0460 e. The Bertz CT molecular complexity index is 1100. The first-order valence-electron chi connectivity index (χ1n) is 12.1. The van der Waals surface area contributed by atoms with E-state index < -0.39 is 7.92 Å². The predicted octanol–water partition coefficient (Wildman–Crippen LogP) is 7.21. The highest BCUT2D eigenvalue weighted by atomic mass is 31.1. The molecule has 0 saturated heterocycles. The fourth-order valence-electron chi connectivity index (χ4n) is 4.67. The van der Waals surface area contributed by atoms with Crippen molar-refractivity contribution < 1.29 is 0 Å². The zero-order chi connectivity index (χ0) is 23.0. The van der Waals surface area contributed by atoms with E-state index in [-0.39, 0.29) is 7.92 Å². The van der Waals surface area contributed by atoms with Crippen LogP contribution in [-0.2, 0) is 12.3 Å². The maximum absolute atomic E-state index is 5.16. The summed E-state index contributed by atoms with van der Waals surface area (Å²) in [4.78, 5) is 5.16. The second-order valence-corrected chi connectivity index (χ2v) is 13.6. The molecule has 0 aliphatic carbocycles. The standard InChI is InChI=1S/C31H31NP2/c1-5-13-26(14-6-1)23-33(24-27-15-7-2-8-16-27)31-21-28(32-22-31)25-34(29-17-9-3-10-18-29)30-19-11-4-12-20-30/h1-20,31H,21-25H2. The van der Waals surface area contributed by atoms with Crippen LogP contribution in [-0.4, -0.2) is 24.1 Å². The van der Waals surface area contributed by atoms with E-state index in [0.717, 1.165) is 19.1 Å². The van der Waals surface area contributed by atoms with E-state index in [4.69, 9.17) is 4.99 Å². The molecule has 4 aromatic carbocycles. The van der Waals surface area contributed by atoms with Gasteiger partial charge in [-0.15, -0.1) is 0 Å². The normalized spacial score (nSPS) is 15.6. The number of hydrogen-bond donors (Lipinski definition) is 0. The van der Waals surface area contributed by atoms with Crippen molar-refractivity contribution in [1.82, 2.24) is 0 Å². The Balaban J connectivity index is 1.33. The summed E-state index contributed by atoms with van der Waals surface area (Å²) in [6.45, 7) is 0.994. The molecule has 0 fully saturated rings. The van der Waals surface area contributed by atoms with E-state index in [1.165, 1.54) is 39.8 Å². The molecular weight excluding hydrogens is 448 g/mol. The van der Waals surface area contributed by atoms with E-state index in [2.05, 4.69) is 121 Å². The van der Waals surface area contributed by atoms with Gasteiger partial charge in [-0.2, -0.15) is 0 Å². The van der Waals surface area contributed by atoms with Crippen molar-refractivity contribution in [2.75, 3.05) is 12.7 Å². The van der Waals surface area contributed by atoms with Crippen molar-refractivity contribution in [2.24, 2.45) is 4.99 Å². The summed E-state index contributed by atoms with van der Waals surface area (Å²) < 4.78 is 0. The molecule has 0 radical (unpaired) electrons. The minimum atomic E-state index is -0.420. The van der Waals surface area contributed by atoms with Gasteiger partial charge in [0.15, 0.2) is 0 Å². The maximum atomic E-state index is 5.16. The average Bonchev–Trinajstić information content (AvgIpc) is 3.38. The molecule has 1 aliphatic heterocycles. The Morgan fingerprint density at radius 2 is 1.00 bits per heavy atom. The van der Waals surface area contributed by atoms with Crippen molar-refractivity contribution >= 4 is 32.2 Å². The number of rotatable bonds is 9. The summed E-state index contributed by atoms with van der Waals surface area (Å²) in [5, 5.41) is 2.90. The molecule has 3 heteroatoms. The summed E-state index contributed by atoms with van der Waals surface area (Å²) >= 11 is 0. The zero-order valence-electron chi connectivity index (χ0n) is 19.5. The first-order chi connectivity index (χ1) is 16.8. The Kier molecular flexibility index (Phi) is 7.97. The van der Waals surface area contributed by atoms with Gasteiger partial charge in [-0.1, -0.05) is 129 Å². The largest absolute Gasteiger partial charge is 0.293 e. The Hall–Kier alpha value is -2.59. The summed E-state index contributed by atoms with van der Waals surface area (Å²) in [6.07, 6.45) is 4.61. The molecule has 0 bridgehead atoms. The lowest BCUT2D eigenvalue weighted by atomic mass is 10.2. The Morgan fingerprint density at radius 3 is 1.47 bits per heavy atom. The zero-order valence-corrected chi connectivity index (χ0v) is 21.3. The van der Waals surface area contributed by atoms with Gasteiger partial charge in [0.25, 0.3) is 0 Å². The van der Waals surface area contributed by atoms with E-state index in [1.807, 2.05) is 0 Å². The summed E-state index contributed by atoms with van der Waals surface area (Å²) in [5.74, 6) is 0. The first kappa shape index (κ1) is 23.2. The molecule has 0 saturated carbocycles. The van der Waals surface area contributed by atoms with Crippen LogP contribution in [0.3, 0.4) is 0 Å². The van der Waals surface area contributed by atoms with Crippen LogP contribution >= 0.6 is 15.8 Å². The van der Waals surface area contributed by atoms with Gasteiger partial charge in [-0.3, -0.25) is 4.99 Å². The van der Waals surface area contributed by atoms with Gasteiger partial charge in [-0.25, -0.2) is 0 Å². The van der Waals surface area contributed by atoms with Gasteiger partial charge >= 0.3 is 0 Å². The minimum Gasteiger partial charge on any atom is -0.293 e. The maximum Gasteiger partial charge on any atom is 0.0460 e. The van der Waals surface area contributed by atoms with Gasteiger partial charge in [-0.05, 0) is 48.4 Å². The van der Waals surface area contributed by atoms with Crippen LogP contribution in [0.1, 0.15) is 17.5 Å². The molecule has 1 heterocycles. The molecule has 0 amide bonds. The first-order valence-corrected chi connectivity index (χ1v) is 15.4. The Labute approximate surface area is 206 Å².